The smallest absolute Gasteiger partial charge is 0.211 e. The monoisotopic (exact) mass is 635 g/mol. The van der Waals surface area contributed by atoms with Gasteiger partial charge in [0.05, 0.1) is 52.5 Å². The van der Waals surface area contributed by atoms with Gasteiger partial charge in [0.2, 0.25) is 11.4 Å². The van der Waals surface area contributed by atoms with Crippen LogP contribution in [0.1, 0.15) is 5.56 Å². The molecule has 2 aromatic heterocycles. The number of rotatable bonds is 4. The van der Waals surface area contributed by atoms with Gasteiger partial charge < -0.3 is 9.13 Å². The number of benzene rings is 7. The second-order valence-electron chi connectivity index (χ2n) is 12.2. The van der Waals surface area contributed by atoms with Crippen molar-refractivity contribution < 1.29 is 0 Å². The predicted molar refractivity (Wildman–Crippen MR) is 203 cm³/mol. The Morgan fingerprint density at radius 2 is 1.10 bits per heavy atom. The molecule has 5 heteroatoms. The van der Waals surface area contributed by atoms with Crippen molar-refractivity contribution in [2.45, 2.75) is 0 Å². The number of aromatic nitrogens is 2. The molecule has 0 radical (unpaired) electrons. The van der Waals surface area contributed by atoms with Gasteiger partial charge in [-0.3, -0.25) is 0 Å². The molecule has 9 rings (SSSR count). The zero-order chi connectivity index (χ0) is 33.8. The highest BCUT2D eigenvalue weighted by Gasteiger charge is 2.21. The zero-order valence-electron chi connectivity index (χ0n) is 26.7. The maximum atomic E-state index is 9.67. The summed E-state index contributed by atoms with van der Waals surface area (Å²) in [5.74, 6) is 0. The first-order chi connectivity index (χ1) is 24.7. The molecule has 9 aromatic rings. The average molecular weight is 636 g/mol. The summed E-state index contributed by atoms with van der Waals surface area (Å²) < 4.78 is 4.36. The summed E-state index contributed by atoms with van der Waals surface area (Å²) in [5.41, 5.74) is 11.2. The molecule has 0 unspecified atom stereocenters. The molecule has 5 nitrogen and oxygen atoms in total. The Hall–Kier alpha value is -7.39. The number of nitrogens with zero attached hydrogens (tertiary/aromatic N) is 5. The third kappa shape index (κ3) is 4.31. The summed E-state index contributed by atoms with van der Waals surface area (Å²) in [5, 5.41) is 13.9. The normalized spacial score (nSPS) is 11.1. The molecule has 230 valence electrons. The number of hydrogen-bond donors (Lipinski definition) is 0. The van der Waals surface area contributed by atoms with Gasteiger partial charge >= 0.3 is 0 Å². The summed E-state index contributed by atoms with van der Waals surface area (Å²) in [6, 6.07) is 53.4. The first-order valence-electron chi connectivity index (χ1n) is 16.2. The Labute approximate surface area is 288 Å². The van der Waals surface area contributed by atoms with E-state index in [1.54, 1.807) is 12.1 Å². The van der Waals surface area contributed by atoms with Gasteiger partial charge in [0.1, 0.15) is 0 Å². The van der Waals surface area contributed by atoms with Crippen LogP contribution in [-0.4, -0.2) is 9.13 Å². The number of para-hydroxylation sites is 4. The predicted octanol–water partition coefficient (Wildman–Crippen LogP) is 12.2. The fourth-order valence-electron chi connectivity index (χ4n) is 7.40. The topological polar surface area (TPSA) is 42.4 Å². The molecule has 0 fully saturated rings. The van der Waals surface area contributed by atoms with Crippen LogP contribution in [0.5, 0.6) is 0 Å². The van der Waals surface area contributed by atoms with Crippen molar-refractivity contribution in [1.82, 2.24) is 9.13 Å². The van der Waals surface area contributed by atoms with Crippen LogP contribution in [0.4, 0.5) is 11.4 Å². The van der Waals surface area contributed by atoms with Crippen LogP contribution in [-0.2, 0) is 0 Å². The van der Waals surface area contributed by atoms with E-state index in [9.17, 15) is 5.26 Å². The van der Waals surface area contributed by atoms with Crippen LogP contribution >= 0.6 is 0 Å². The maximum absolute atomic E-state index is 9.67. The zero-order valence-corrected chi connectivity index (χ0v) is 26.7. The highest BCUT2D eigenvalue weighted by Crippen LogP contribution is 2.44. The first-order valence-corrected chi connectivity index (χ1v) is 16.2. The SMILES string of the molecule is [C-]#[N+]c1cccc(-c2ccc(-c3cccc(-n4c5ccccc5c5ccccc54)c3)cc2)c1-n1c2ccc(C#N)cc2c2cccc([N+]#[C-])c21. The fraction of sp³-hybridized carbons (Fsp3) is 0. The number of fused-ring (bicyclic) bond motifs is 6. The highest BCUT2D eigenvalue weighted by molar-refractivity contribution is 6.14. The molecule has 0 atom stereocenters. The van der Waals surface area contributed by atoms with Crippen molar-refractivity contribution in [3.8, 4) is 39.7 Å². The van der Waals surface area contributed by atoms with Gasteiger partial charge in [0.15, 0.2) is 0 Å². The fourth-order valence-corrected chi connectivity index (χ4v) is 7.40. The second-order valence-corrected chi connectivity index (χ2v) is 12.2. The van der Waals surface area contributed by atoms with Crippen molar-refractivity contribution in [3.63, 3.8) is 0 Å². The molecule has 0 N–H and O–H groups in total. The van der Waals surface area contributed by atoms with Gasteiger partial charge in [-0.2, -0.15) is 5.26 Å². The van der Waals surface area contributed by atoms with Gasteiger partial charge in [-0.05, 0) is 70.1 Å². The molecule has 0 aliphatic heterocycles. The Bertz CT molecular complexity index is 2900. The van der Waals surface area contributed by atoms with Gasteiger partial charge in [-0.1, -0.05) is 109 Å². The summed E-state index contributed by atoms with van der Waals surface area (Å²) in [6.45, 7) is 16.2. The molecule has 0 aliphatic rings. The molecule has 2 heterocycles. The van der Waals surface area contributed by atoms with Crippen molar-refractivity contribution >= 4 is 55.0 Å². The largest absolute Gasteiger partial charge is 0.328 e. The minimum Gasteiger partial charge on any atom is -0.328 e. The Morgan fingerprint density at radius 3 is 1.82 bits per heavy atom. The van der Waals surface area contributed by atoms with E-state index >= 15 is 0 Å². The van der Waals surface area contributed by atoms with Crippen molar-refractivity contribution in [1.29, 1.82) is 5.26 Å². The first kappa shape index (κ1) is 28.8. The summed E-state index contributed by atoms with van der Waals surface area (Å²) in [7, 11) is 0. The van der Waals surface area contributed by atoms with Crippen LogP contribution in [0.2, 0.25) is 0 Å². The van der Waals surface area contributed by atoms with Crippen molar-refractivity contribution in [2.75, 3.05) is 0 Å². The Kier molecular flexibility index (Phi) is 6.56. The van der Waals surface area contributed by atoms with E-state index in [1.807, 2.05) is 47.0 Å². The molecule has 7 aromatic carbocycles. The van der Waals surface area contributed by atoms with E-state index in [2.05, 4.69) is 117 Å². The molecular weight excluding hydrogens is 611 g/mol. The summed E-state index contributed by atoms with van der Waals surface area (Å²) >= 11 is 0. The van der Waals surface area contributed by atoms with Crippen molar-refractivity contribution in [3.05, 3.63) is 180 Å². The number of nitriles is 1. The van der Waals surface area contributed by atoms with Gasteiger partial charge in [-0.15, -0.1) is 0 Å². The Morgan fingerprint density at radius 1 is 0.480 bits per heavy atom. The standard InChI is InChI=1S/C45H25N5/c1-47-39-16-8-14-34(44(39)50-43-25-20-29(28-46)26-38(43)37-15-9-17-40(48-2)45(37)50)31-23-21-30(22-24-31)32-10-7-11-33(27-32)49-41-18-5-3-12-35(41)36-13-4-6-19-42(36)49/h3-27H. The molecule has 0 saturated heterocycles. The summed E-state index contributed by atoms with van der Waals surface area (Å²) in [4.78, 5) is 7.82. The molecule has 50 heavy (non-hydrogen) atoms. The molecule has 0 spiro atoms. The van der Waals surface area contributed by atoms with Gasteiger partial charge in [0, 0.05) is 21.8 Å². The number of hydrogen-bond acceptors (Lipinski definition) is 1. The van der Waals surface area contributed by atoms with E-state index in [4.69, 9.17) is 13.1 Å². The van der Waals surface area contributed by atoms with Crippen LogP contribution in [0, 0.1) is 24.5 Å². The third-order valence-electron chi connectivity index (χ3n) is 9.59. The van der Waals surface area contributed by atoms with Crippen LogP contribution < -0.4 is 0 Å². The van der Waals surface area contributed by atoms with Crippen LogP contribution in [0.15, 0.2) is 152 Å². The molecule has 0 saturated carbocycles. The lowest BCUT2D eigenvalue weighted by Gasteiger charge is -2.17. The Balaban J connectivity index is 1.20. The van der Waals surface area contributed by atoms with Gasteiger partial charge in [0.25, 0.3) is 0 Å². The van der Waals surface area contributed by atoms with E-state index < -0.39 is 0 Å². The molecule has 0 bridgehead atoms. The van der Waals surface area contributed by atoms with Crippen molar-refractivity contribution in [2.24, 2.45) is 0 Å². The van der Waals surface area contributed by atoms with Crippen LogP contribution in [0.3, 0.4) is 0 Å². The average Bonchev–Trinajstić information content (AvgIpc) is 3.70. The third-order valence-corrected chi connectivity index (χ3v) is 9.59. The minimum atomic E-state index is 0.480. The van der Waals surface area contributed by atoms with E-state index in [0.717, 1.165) is 49.7 Å². The van der Waals surface area contributed by atoms with Gasteiger partial charge in [-0.25, -0.2) is 9.69 Å². The van der Waals surface area contributed by atoms with E-state index in [0.29, 0.717) is 22.6 Å². The molecule has 0 amide bonds. The summed E-state index contributed by atoms with van der Waals surface area (Å²) in [6.07, 6.45) is 0. The molecular formula is C45H25N5. The quantitative estimate of drug-likeness (QED) is 0.177. The van der Waals surface area contributed by atoms with Crippen LogP contribution in [0.25, 0.3) is 86.9 Å². The molecule has 0 aliphatic carbocycles. The minimum absolute atomic E-state index is 0.480. The lowest BCUT2D eigenvalue weighted by Crippen LogP contribution is -1.98. The lowest BCUT2D eigenvalue weighted by molar-refractivity contribution is 1.18. The maximum Gasteiger partial charge on any atom is 0.211 e. The second kappa shape index (κ2) is 11.4. The highest BCUT2D eigenvalue weighted by atomic mass is 15.0. The van der Waals surface area contributed by atoms with E-state index in [1.165, 1.54) is 21.8 Å². The van der Waals surface area contributed by atoms with E-state index in [-0.39, 0.29) is 0 Å². The lowest BCUT2D eigenvalue weighted by atomic mass is 9.98.